The third-order valence-electron chi connectivity index (χ3n) is 3.99. The molecule has 1 heterocycles. The van der Waals surface area contributed by atoms with Crippen molar-refractivity contribution in [1.82, 2.24) is 4.90 Å². The zero-order chi connectivity index (χ0) is 18.0. The number of halogens is 1. The van der Waals surface area contributed by atoms with E-state index < -0.39 is 12.1 Å². The molecule has 0 unspecified atom stereocenters. The minimum Gasteiger partial charge on any atom is -0.308 e. The lowest BCUT2D eigenvalue weighted by atomic mass is 10.2. The Bertz CT molecular complexity index is 877. The van der Waals surface area contributed by atoms with E-state index in [9.17, 15) is 9.59 Å². The Kier molecular flexibility index (Phi) is 4.61. The van der Waals surface area contributed by atoms with E-state index in [2.05, 4.69) is 10.0 Å². The molecule has 0 spiro atoms. The van der Waals surface area contributed by atoms with Gasteiger partial charge in [0.25, 0.3) is 5.91 Å². The number of anilines is 1. The maximum Gasteiger partial charge on any atom is 0.332 e. The lowest BCUT2D eigenvalue weighted by Gasteiger charge is -2.19. The third kappa shape index (κ3) is 3.28. The standard InChI is InChI=1S/C17H14ClN5O2/c1-11-16(24)23(15-7-5-13(18)6-8-15)17(25)22(11)10-12-3-2-4-14(9-12)20-21-19/h2-9,11H,10H2,1H3/t11-/m0/s1. The molecule has 2 aromatic rings. The zero-order valence-corrected chi connectivity index (χ0v) is 14.1. The van der Waals surface area contributed by atoms with Crippen molar-refractivity contribution in [2.45, 2.75) is 19.5 Å². The summed E-state index contributed by atoms with van der Waals surface area (Å²) in [5.41, 5.74) is 10.2. The molecule has 0 aromatic heterocycles. The minimum atomic E-state index is -0.591. The van der Waals surface area contributed by atoms with Crippen LogP contribution in [-0.4, -0.2) is 22.9 Å². The molecule has 3 amide bonds. The number of hydrogen-bond acceptors (Lipinski definition) is 3. The monoisotopic (exact) mass is 355 g/mol. The van der Waals surface area contributed by atoms with Crippen LogP contribution in [0.1, 0.15) is 12.5 Å². The number of carbonyl (C=O) groups excluding carboxylic acids is 2. The van der Waals surface area contributed by atoms with Gasteiger partial charge in [0.1, 0.15) is 6.04 Å². The fraction of sp³-hybridized carbons (Fsp3) is 0.176. The van der Waals surface area contributed by atoms with Gasteiger partial charge >= 0.3 is 6.03 Å². The molecule has 0 N–H and O–H groups in total. The summed E-state index contributed by atoms with van der Waals surface area (Å²) in [4.78, 5) is 30.7. The number of imide groups is 1. The molecular formula is C17H14ClN5O2. The Balaban J connectivity index is 1.86. The van der Waals surface area contributed by atoms with Crippen molar-refractivity contribution in [3.63, 3.8) is 0 Å². The first-order valence-corrected chi connectivity index (χ1v) is 7.93. The van der Waals surface area contributed by atoms with Crippen LogP contribution in [0.2, 0.25) is 5.02 Å². The quantitative estimate of drug-likeness (QED) is 0.346. The summed E-state index contributed by atoms with van der Waals surface area (Å²) < 4.78 is 0. The van der Waals surface area contributed by atoms with Crippen molar-refractivity contribution in [3.05, 3.63) is 69.6 Å². The first-order valence-electron chi connectivity index (χ1n) is 7.55. The third-order valence-corrected chi connectivity index (χ3v) is 4.24. The number of amides is 3. The van der Waals surface area contributed by atoms with E-state index in [1.54, 1.807) is 49.4 Å². The van der Waals surface area contributed by atoms with E-state index >= 15 is 0 Å². The largest absolute Gasteiger partial charge is 0.332 e. The van der Waals surface area contributed by atoms with Crippen LogP contribution in [0, 0.1) is 0 Å². The summed E-state index contributed by atoms with van der Waals surface area (Å²) in [6.45, 7) is 1.93. The van der Waals surface area contributed by atoms with Crippen molar-refractivity contribution in [2.75, 3.05) is 4.90 Å². The molecule has 0 bridgehead atoms. The molecule has 1 fully saturated rings. The zero-order valence-electron chi connectivity index (χ0n) is 13.3. The van der Waals surface area contributed by atoms with Gasteiger partial charge in [0.05, 0.1) is 5.69 Å². The molecule has 25 heavy (non-hydrogen) atoms. The Morgan fingerprint density at radius 1 is 1.20 bits per heavy atom. The van der Waals surface area contributed by atoms with Crippen molar-refractivity contribution >= 4 is 34.9 Å². The van der Waals surface area contributed by atoms with E-state index in [0.717, 1.165) is 10.5 Å². The molecule has 0 aliphatic carbocycles. The number of urea groups is 1. The topological polar surface area (TPSA) is 89.4 Å². The minimum absolute atomic E-state index is 0.241. The van der Waals surface area contributed by atoms with Gasteiger partial charge in [0.2, 0.25) is 0 Å². The SMILES string of the molecule is C[C@H]1C(=O)N(c2ccc(Cl)cc2)C(=O)N1Cc1cccc(N=[N+]=[N-])c1. The molecule has 1 aliphatic heterocycles. The second-order valence-corrected chi connectivity index (χ2v) is 6.03. The van der Waals surface area contributed by atoms with Crippen LogP contribution in [0.3, 0.4) is 0 Å². The predicted molar refractivity (Wildman–Crippen MR) is 94.6 cm³/mol. The van der Waals surface area contributed by atoms with Crippen LogP contribution < -0.4 is 4.90 Å². The van der Waals surface area contributed by atoms with Crippen LogP contribution in [0.4, 0.5) is 16.2 Å². The molecule has 7 nitrogen and oxygen atoms in total. The molecule has 1 aliphatic rings. The smallest absolute Gasteiger partial charge is 0.308 e. The maximum absolute atomic E-state index is 12.7. The van der Waals surface area contributed by atoms with Gasteiger partial charge in [-0.3, -0.25) is 4.79 Å². The molecular weight excluding hydrogens is 342 g/mol. The van der Waals surface area contributed by atoms with Crippen LogP contribution in [-0.2, 0) is 11.3 Å². The number of azide groups is 1. The lowest BCUT2D eigenvalue weighted by Crippen LogP contribution is -2.33. The summed E-state index contributed by atoms with van der Waals surface area (Å²) in [7, 11) is 0. The average molecular weight is 356 g/mol. The highest BCUT2D eigenvalue weighted by molar-refractivity contribution is 6.30. The molecule has 0 saturated carbocycles. The highest BCUT2D eigenvalue weighted by Crippen LogP contribution is 2.28. The molecule has 1 atom stereocenters. The second kappa shape index (κ2) is 6.84. The Morgan fingerprint density at radius 2 is 1.92 bits per heavy atom. The molecule has 3 rings (SSSR count). The second-order valence-electron chi connectivity index (χ2n) is 5.60. The Hall–Kier alpha value is -3.02. The highest BCUT2D eigenvalue weighted by atomic mass is 35.5. The normalized spacial score (nSPS) is 17.0. The summed E-state index contributed by atoms with van der Waals surface area (Å²) in [5.74, 6) is -0.293. The fourth-order valence-corrected chi connectivity index (χ4v) is 2.83. The van der Waals surface area contributed by atoms with Crippen LogP contribution in [0.25, 0.3) is 10.4 Å². The lowest BCUT2D eigenvalue weighted by molar-refractivity contribution is -0.119. The van der Waals surface area contributed by atoms with Crippen molar-refractivity contribution in [1.29, 1.82) is 0 Å². The van der Waals surface area contributed by atoms with E-state index in [4.69, 9.17) is 17.1 Å². The maximum atomic E-state index is 12.7. The predicted octanol–water partition coefficient (Wildman–Crippen LogP) is 4.64. The molecule has 2 aromatic carbocycles. The van der Waals surface area contributed by atoms with Gasteiger partial charge in [-0.25, -0.2) is 9.69 Å². The van der Waals surface area contributed by atoms with Gasteiger partial charge in [-0.05, 0) is 48.4 Å². The summed E-state index contributed by atoms with van der Waals surface area (Å²) >= 11 is 5.86. The van der Waals surface area contributed by atoms with E-state index in [1.807, 2.05) is 6.07 Å². The van der Waals surface area contributed by atoms with Gasteiger partial charge in [0.15, 0.2) is 0 Å². The van der Waals surface area contributed by atoms with Gasteiger partial charge < -0.3 is 4.90 Å². The van der Waals surface area contributed by atoms with Gasteiger partial charge in [-0.15, -0.1) is 0 Å². The Morgan fingerprint density at radius 3 is 2.60 bits per heavy atom. The molecule has 8 heteroatoms. The number of rotatable bonds is 4. The molecule has 0 radical (unpaired) electrons. The van der Waals surface area contributed by atoms with Crippen molar-refractivity contribution < 1.29 is 9.59 Å². The number of benzene rings is 2. The fourth-order valence-electron chi connectivity index (χ4n) is 2.71. The average Bonchev–Trinajstić information content (AvgIpc) is 2.80. The van der Waals surface area contributed by atoms with Gasteiger partial charge in [0, 0.05) is 22.2 Å². The summed E-state index contributed by atoms with van der Waals surface area (Å²) in [6, 6.07) is 12.5. The van der Waals surface area contributed by atoms with E-state index in [1.165, 1.54) is 4.90 Å². The van der Waals surface area contributed by atoms with Crippen LogP contribution in [0.5, 0.6) is 0 Å². The van der Waals surface area contributed by atoms with Crippen LogP contribution >= 0.6 is 11.6 Å². The summed E-state index contributed by atoms with van der Waals surface area (Å²) in [6.07, 6.45) is 0. The summed E-state index contributed by atoms with van der Waals surface area (Å²) in [5, 5.41) is 4.08. The number of nitrogens with zero attached hydrogens (tertiary/aromatic N) is 5. The van der Waals surface area contributed by atoms with Gasteiger partial charge in [-0.2, -0.15) is 0 Å². The number of carbonyl (C=O) groups is 2. The van der Waals surface area contributed by atoms with E-state index in [-0.39, 0.29) is 12.5 Å². The first kappa shape index (κ1) is 16.8. The van der Waals surface area contributed by atoms with Crippen molar-refractivity contribution in [3.8, 4) is 0 Å². The number of hydrogen-bond donors (Lipinski definition) is 0. The van der Waals surface area contributed by atoms with Crippen LogP contribution in [0.15, 0.2) is 53.6 Å². The molecule has 1 saturated heterocycles. The van der Waals surface area contributed by atoms with Gasteiger partial charge in [-0.1, -0.05) is 34.9 Å². The first-order chi connectivity index (χ1) is 12.0. The highest BCUT2D eigenvalue weighted by Gasteiger charge is 2.43. The Labute approximate surface area is 149 Å². The van der Waals surface area contributed by atoms with Crippen molar-refractivity contribution in [2.24, 2.45) is 5.11 Å². The molecule has 126 valence electrons. The van der Waals surface area contributed by atoms with E-state index in [0.29, 0.717) is 16.4 Å².